The fourth-order valence-electron chi connectivity index (χ4n) is 6.36. The summed E-state index contributed by atoms with van der Waals surface area (Å²) < 4.78 is 58.4. The van der Waals surface area contributed by atoms with Crippen LogP contribution in [0.3, 0.4) is 0 Å². The molecule has 3 heterocycles. The van der Waals surface area contributed by atoms with Gasteiger partial charge in [-0.3, -0.25) is 4.79 Å². The molecule has 0 bridgehead atoms. The fourth-order valence-corrected chi connectivity index (χ4v) is 6.36. The maximum atomic E-state index is 14.3. The van der Waals surface area contributed by atoms with Crippen molar-refractivity contribution in [1.82, 2.24) is 9.88 Å². The first-order valence-electron chi connectivity index (χ1n) is 14.9. The number of alkyl halides is 3. The number of carbonyl (C=O) groups is 2. The molecule has 11 heteroatoms. The van der Waals surface area contributed by atoms with Crippen molar-refractivity contribution >= 4 is 11.9 Å². The zero-order chi connectivity index (χ0) is 32.6. The van der Waals surface area contributed by atoms with E-state index >= 15 is 0 Å². The Hall–Kier alpha value is -3.18. The molecule has 5 atom stereocenters. The van der Waals surface area contributed by atoms with Crippen molar-refractivity contribution in [2.45, 2.75) is 103 Å². The van der Waals surface area contributed by atoms with E-state index in [2.05, 4.69) is 25.8 Å². The van der Waals surface area contributed by atoms with Crippen molar-refractivity contribution in [3.8, 4) is 5.88 Å². The van der Waals surface area contributed by atoms with Gasteiger partial charge in [0.15, 0.2) is 0 Å². The number of amides is 1. The molecule has 2 fully saturated rings. The van der Waals surface area contributed by atoms with Gasteiger partial charge in [0.25, 0.3) is 5.91 Å². The van der Waals surface area contributed by atoms with E-state index in [1.807, 2.05) is 45.0 Å². The third kappa shape index (κ3) is 7.04. The number of aromatic nitrogens is 1. The predicted octanol–water partition coefficient (Wildman–Crippen LogP) is 6.56. The van der Waals surface area contributed by atoms with E-state index < -0.39 is 59.2 Å². The normalized spacial score (nSPS) is 24.8. The van der Waals surface area contributed by atoms with E-state index in [9.17, 15) is 27.9 Å². The summed E-state index contributed by atoms with van der Waals surface area (Å²) >= 11 is 0. The van der Waals surface area contributed by atoms with E-state index in [4.69, 9.17) is 14.2 Å². The second kappa shape index (κ2) is 12.7. The standard InChI is InChI=1S/C33H43F3N2O6/c1-31(2,3)21-12-10-11-19(15-21)25-27(44-18-20-16-22(33(34,35)36)17-37-28(20)42-7)24(32(4,5)6)26(30(40)41)38(25)29(39)23-13-8-9-14-43-23/h10-12,15-17,23-27H,8-9,13-14,18H2,1-7H3,(H,40,41)/t23-,24-,25+,26+,27+/m1/s1. The van der Waals surface area contributed by atoms with Crippen molar-refractivity contribution < 1.29 is 42.1 Å². The lowest BCUT2D eigenvalue weighted by Gasteiger charge is -2.35. The molecule has 0 radical (unpaired) electrons. The summed E-state index contributed by atoms with van der Waals surface area (Å²) in [5.74, 6) is -2.38. The second-order valence-corrected chi connectivity index (χ2v) is 13.8. The number of hydrogen-bond acceptors (Lipinski definition) is 6. The highest BCUT2D eigenvalue weighted by Crippen LogP contribution is 2.51. The number of rotatable bonds is 7. The minimum Gasteiger partial charge on any atom is -0.481 e. The van der Waals surface area contributed by atoms with Crippen LogP contribution in [-0.4, -0.2) is 58.8 Å². The van der Waals surface area contributed by atoms with Gasteiger partial charge in [-0.05, 0) is 47.3 Å². The zero-order valence-corrected chi connectivity index (χ0v) is 26.4. The number of nitrogens with zero attached hydrogens (tertiary/aromatic N) is 2. The number of halogens is 3. The lowest BCUT2D eigenvalue weighted by Crippen LogP contribution is -2.51. The molecule has 1 aromatic carbocycles. The van der Waals surface area contributed by atoms with E-state index in [-0.39, 0.29) is 23.5 Å². The summed E-state index contributed by atoms with van der Waals surface area (Å²) in [4.78, 5) is 32.6. The van der Waals surface area contributed by atoms with Crippen molar-refractivity contribution in [2.75, 3.05) is 13.7 Å². The highest BCUT2D eigenvalue weighted by molar-refractivity contribution is 5.88. The van der Waals surface area contributed by atoms with Crippen LogP contribution < -0.4 is 4.74 Å². The SMILES string of the molecule is COc1ncc(C(F)(F)F)cc1CO[C@H]1[C@H](C(C)(C)C)[C@@H](C(=O)O)N(C(=O)[C@H]2CCCCO2)[C@H]1c1cccc(C(C)(C)C)c1. The molecule has 242 valence electrons. The third-order valence-electron chi connectivity index (χ3n) is 8.54. The van der Waals surface area contributed by atoms with Crippen LogP contribution in [0, 0.1) is 11.3 Å². The molecule has 1 amide bonds. The van der Waals surface area contributed by atoms with Gasteiger partial charge in [0.2, 0.25) is 5.88 Å². The molecule has 2 aliphatic rings. The molecule has 0 aliphatic carbocycles. The number of pyridine rings is 1. The highest BCUT2D eigenvalue weighted by atomic mass is 19.4. The number of carbonyl (C=O) groups excluding carboxylic acids is 1. The monoisotopic (exact) mass is 620 g/mol. The zero-order valence-electron chi connectivity index (χ0n) is 26.4. The molecule has 2 saturated heterocycles. The summed E-state index contributed by atoms with van der Waals surface area (Å²) in [5, 5.41) is 10.7. The summed E-state index contributed by atoms with van der Waals surface area (Å²) in [5.41, 5.74) is -0.182. The van der Waals surface area contributed by atoms with Gasteiger partial charge < -0.3 is 24.2 Å². The van der Waals surface area contributed by atoms with Crippen LogP contribution in [-0.2, 0) is 37.3 Å². The largest absolute Gasteiger partial charge is 0.481 e. The quantitative estimate of drug-likeness (QED) is 0.374. The molecule has 0 unspecified atom stereocenters. The number of ether oxygens (including phenoxy) is 3. The first kappa shape index (κ1) is 33.7. The molecule has 4 rings (SSSR count). The smallest absolute Gasteiger partial charge is 0.417 e. The van der Waals surface area contributed by atoms with Gasteiger partial charge in [-0.2, -0.15) is 13.2 Å². The van der Waals surface area contributed by atoms with Gasteiger partial charge in [0.05, 0.1) is 31.4 Å². The van der Waals surface area contributed by atoms with Gasteiger partial charge in [-0.15, -0.1) is 0 Å². The van der Waals surface area contributed by atoms with Crippen LogP contribution in [0.5, 0.6) is 5.88 Å². The fraction of sp³-hybridized carbons (Fsp3) is 0.606. The average Bonchev–Trinajstić information content (AvgIpc) is 3.31. The molecular formula is C33H43F3N2O6. The summed E-state index contributed by atoms with van der Waals surface area (Å²) in [6.45, 7) is 11.9. The van der Waals surface area contributed by atoms with Crippen LogP contribution in [0.2, 0.25) is 0 Å². The Bertz CT molecular complexity index is 1340. The molecule has 2 aliphatic heterocycles. The number of aliphatic carboxylic acids is 1. The van der Waals surface area contributed by atoms with Crippen molar-refractivity contribution in [3.05, 3.63) is 58.8 Å². The third-order valence-corrected chi connectivity index (χ3v) is 8.54. The lowest BCUT2D eigenvalue weighted by molar-refractivity contribution is -0.159. The number of methoxy groups -OCH3 is 1. The Balaban J connectivity index is 1.88. The van der Waals surface area contributed by atoms with Crippen LogP contribution in [0.15, 0.2) is 36.5 Å². The van der Waals surface area contributed by atoms with Crippen molar-refractivity contribution in [1.29, 1.82) is 0 Å². The highest BCUT2D eigenvalue weighted by Gasteiger charge is 2.59. The Labute approximate surface area is 256 Å². The molecular weight excluding hydrogens is 577 g/mol. The van der Waals surface area contributed by atoms with Crippen molar-refractivity contribution in [2.24, 2.45) is 11.3 Å². The van der Waals surface area contributed by atoms with Gasteiger partial charge in [-0.25, -0.2) is 9.78 Å². The Morgan fingerprint density at radius 1 is 1.07 bits per heavy atom. The Morgan fingerprint density at radius 3 is 2.32 bits per heavy atom. The van der Waals surface area contributed by atoms with Crippen LogP contribution >= 0.6 is 0 Å². The molecule has 1 aromatic heterocycles. The topological polar surface area (TPSA) is 98.2 Å². The molecule has 44 heavy (non-hydrogen) atoms. The number of carboxylic acids is 1. The van der Waals surface area contributed by atoms with Crippen LogP contribution in [0.25, 0.3) is 0 Å². The maximum absolute atomic E-state index is 14.3. The van der Waals surface area contributed by atoms with Gasteiger partial charge in [-0.1, -0.05) is 65.8 Å². The molecule has 1 N–H and O–H groups in total. The molecule has 0 saturated carbocycles. The average molecular weight is 621 g/mol. The second-order valence-electron chi connectivity index (χ2n) is 13.8. The minimum absolute atomic E-state index is 0.0343. The van der Waals surface area contributed by atoms with Crippen LogP contribution in [0.1, 0.15) is 89.1 Å². The number of hydrogen-bond donors (Lipinski definition) is 1. The molecule has 8 nitrogen and oxygen atoms in total. The summed E-state index contributed by atoms with van der Waals surface area (Å²) in [6, 6.07) is 6.43. The Morgan fingerprint density at radius 2 is 1.77 bits per heavy atom. The van der Waals surface area contributed by atoms with Gasteiger partial charge in [0, 0.05) is 24.3 Å². The van der Waals surface area contributed by atoms with E-state index in [1.54, 1.807) is 0 Å². The Kier molecular flexibility index (Phi) is 9.71. The molecule has 0 spiro atoms. The predicted molar refractivity (Wildman–Crippen MR) is 157 cm³/mol. The maximum Gasteiger partial charge on any atom is 0.417 e. The van der Waals surface area contributed by atoms with E-state index in [1.165, 1.54) is 12.0 Å². The van der Waals surface area contributed by atoms with E-state index in [0.29, 0.717) is 24.8 Å². The summed E-state index contributed by atoms with van der Waals surface area (Å²) in [6.07, 6.45) is -3.59. The number of likely N-dealkylation sites (tertiary alicyclic amines) is 1. The first-order chi connectivity index (χ1) is 20.4. The summed E-state index contributed by atoms with van der Waals surface area (Å²) in [7, 11) is 1.30. The molecule has 2 aromatic rings. The van der Waals surface area contributed by atoms with E-state index in [0.717, 1.165) is 24.5 Å². The lowest BCUT2D eigenvalue weighted by atomic mass is 9.73. The first-order valence-corrected chi connectivity index (χ1v) is 14.9. The number of carboxylic acid groups (broad SMARTS) is 1. The van der Waals surface area contributed by atoms with Gasteiger partial charge >= 0.3 is 12.1 Å². The van der Waals surface area contributed by atoms with Crippen molar-refractivity contribution in [3.63, 3.8) is 0 Å². The minimum atomic E-state index is -4.64. The van der Waals surface area contributed by atoms with Crippen LogP contribution in [0.4, 0.5) is 13.2 Å². The number of benzene rings is 1. The van der Waals surface area contributed by atoms with Gasteiger partial charge in [0.1, 0.15) is 12.1 Å².